The number of fused-ring (bicyclic) bond motifs is 1. The van der Waals surface area contributed by atoms with E-state index in [1.54, 1.807) is 17.1 Å². The summed E-state index contributed by atoms with van der Waals surface area (Å²) in [4.78, 5) is 18.1. The highest BCUT2D eigenvalue weighted by Crippen LogP contribution is 2.27. The Bertz CT molecular complexity index is 883. The van der Waals surface area contributed by atoms with Crippen molar-refractivity contribution in [3.8, 4) is 0 Å². The van der Waals surface area contributed by atoms with Gasteiger partial charge in [0, 0.05) is 19.4 Å². The lowest BCUT2D eigenvalue weighted by molar-refractivity contribution is 0.112. The molecule has 7 nitrogen and oxygen atoms in total. The molecule has 0 amide bonds. The molecule has 0 fully saturated rings. The first-order valence-corrected chi connectivity index (χ1v) is 8.09. The first-order chi connectivity index (χ1) is 10.9. The largest absolute Gasteiger partial charge is 0.383 e. The molecule has 3 aromatic rings. The molecule has 0 saturated heterocycles. The van der Waals surface area contributed by atoms with Crippen LogP contribution in [0.15, 0.2) is 27.5 Å². The molecule has 0 radical (unpaired) electrons. The number of aryl methyl sites for hydroxylation is 1. The van der Waals surface area contributed by atoms with Crippen molar-refractivity contribution in [2.45, 2.75) is 0 Å². The minimum Gasteiger partial charge on any atom is -0.383 e. The van der Waals surface area contributed by atoms with E-state index < -0.39 is 0 Å². The van der Waals surface area contributed by atoms with Gasteiger partial charge in [-0.3, -0.25) is 9.48 Å². The van der Waals surface area contributed by atoms with E-state index in [1.165, 1.54) is 6.20 Å². The van der Waals surface area contributed by atoms with Crippen LogP contribution in [0.2, 0.25) is 5.02 Å². The first-order valence-electron chi connectivity index (χ1n) is 6.13. The fraction of sp³-hybridized carbons (Fsp3) is 0.0769. The molecule has 120 valence electrons. The van der Waals surface area contributed by atoms with Crippen LogP contribution in [0.4, 0.5) is 11.6 Å². The Hall–Kier alpha value is -1.71. The molecule has 0 unspecified atom stereocenters. The second kappa shape index (κ2) is 7.24. The van der Waals surface area contributed by atoms with E-state index in [-0.39, 0.29) is 11.4 Å². The topological polar surface area (TPSA) is 113 Å². The molecule has 4 N–H and O–H groups in total. The van der Waals surface area contributed by atoms with Crippen molar-refractivity contribution >= 4 is 72.3 Å². The molecule has 0 spiro atoms. The molecule has 0 saturated carbocycles. The lowest BCUT2D eigenvalue weighted by atomic mass is 10.3. The van der Waals surface area contributed by atoms with E-state index in [0.717, 1.165) is 15.4 Å². The molecule has 23 heavy (non-hydrogen) atoms. The zero-order valence-electron chi connectivity index (χ0n) is 11.8. The van der Waals surface area contributed by atoms with Gasteiger partial charge in [0.25, 0.3) is 0 Å². The van der Waals surface area contributed by atoms with Crippen LogP contribution in [0.25, 0.3) is 10.9 Å². The van der Waals surface area contributed by atoms with E-state index in [4.69, 9.17) is 23.1 Å². The molecular formula is C13H11Br2ClN6O. The van der Waals surface area contributed by atoms with Crippen LogP contribution in [-0.4, -0.2) is 26.0 Å². The summed E-state index contributed by atoms with van der Waals surface area (Å²) in [6, 6.07) is 0. The summed E-state index contributed by atoms with van der Waals surface area (Å²) in [5.74, 6) is 0.662. The van der Waals surface area contributed by atoms with Crippen molar-refractivity contribution in [2.24, 2.45) is 7.05 Å². The Labute approximate surface area is 153 Å². The summed E-state index contributed by atoms with van der Waals surface area (Å²) in [5.41, 5.74) is 12.2. The average molecular weight is 463 g/mol. The predicted octanol–water partition coefficient (Wildman–Crippen LogP) is 3.21. The predicted molar refractivity (Wildman–Crippen MR) is 97.4 cm³/mol. The quantitative estimate of drug-likeness (QED) is 0.537. The molecule has 0 aliphatic carbocycles. The maximum absolute atomic E-state index is 10.4. The van der Waals surface area contributed by atoms with E-state index in [9.17, 15) is 4.79 Å². The number of hydrogen-bond donors (Lipinski definition) is 2. The number of nitrogens with zero attached hydrogens (tertiary/aromatic N) is 4. The number of anilines is 2. The van der Waals surface area contributed by atoms with Gasteiger partial charge in [-0.2, -0.15) is 5.10 Å². The lowest BCUT2D eigenvalue weighted by Gasteiger charge is -2.00. The van der Waals surface area contributed by atoms with Gasteiger partial charge in [-0.15, -0.1) is 0 Å². The van der Waals surface area contributed by atoms with Gasteiger partial charge in [0.15, 0.2) is 6.29 Å². The number of pyridine rings is 2. The van der Waals surface area contributed by atoms with E-state index in [1.807, 2.05) is 7.05 Å². The summed E-state index contributed by atoms with van der Waals surface area (Å²) in [6.07, 6.45) is 5.42. The van der Waals surface area contributed by atoms with Crippen molar-refractivity contribution in [3.05, 3.63) is 38.1 Å². The number of carbonyl (C=O) groups excluding carboxylic acids is 1. The molecule has 3 aromatic heterocycles. The number of aromatic nitrogens is 4. The third-order valence-corrected chi connectivity index (χ3v) is 4.73. The van der Waals surface area contributed by atoms with Crippen LogP contribution < -0.4 is 11.5 Å². The number of rotatable bonds is 1. The van der Waals surface area contributed by atoms with Crippen LogP contribution in [0, 0.1) is 0 Å². The Morgan fingerprint density at radius 2 is 1.74 bits per heavy atom. The van der Waals surface area contributed by atoms with Gasteiger partial charge in [-0.1, -0.05) is 11.6 Å². The van der Waals surface area contributed by atoms with E-state index in [0.29, 0.717) is 21.6 Å². The SMILES string of the molecule is Cn1ncc2c(N)ncc(Br)c21.Nc1ncc(Br)c(Cl)c1C=O. The highest BCUT2D eigenvalue weighted by atomic mass is 79.9. The number of nitrogens with two attached hydrogens (primary N) is 2. The monoisotopic (exact) mass is 460 g/mol. The van der Waals surface area contributed by atoms with Gasteiger partial charge in [0.1, 0.15) is 11.6 Å². The molecule has 3 rings (SSSR count). The smallest absolute Gasteiger partial charge is 0.155 e. The average Bonchev–Trinajstić information content (AvgIpc) is 2.92. The second-order valence-electron chi connectivity index (χ2n) is 4.36. The van der Waals surface area contributed by atoms with Crippen LogP contribution in [0.5, 0.6) is 0 Å². The summed E-state index contributed by atoms with van der Waals surface area (Å²) in [7, 11) is 1.87. The Kier molecular flexibility index (Phi) is 5.55. The molecule has 10 heteroatoms. The Morgan fingerprint density at radius 1 is 1.13 bits per heavy atom. The maximum Gasteiger partial charge on any atom is 0.155 e. The van der Waals surface area contributed by atoms with Gasteiger partial charge in [0.05, 0.1) is 36.6 Å². The zero-order chi connectivity index (χ0) is 17.1. The van der Waals surface area contributed by atoms with Crippen LogP contribution in [0.3, 0.4) is 0 Å². The molecule has 0 aromatic carbocycles. The number of halogens is 3. The third kappa shape index (κ3) is 3.62. The molecule has 0 aliphatic heterocycles. The van der Waals surface area contributed by atoms with Gasteiger partial charge in [0.2, 0.25) is 0 Å². The normalized spacial score (nSPS) is 10.3. The van der Waals surface area contributed by atoms with Crippen molar-refractivity contribution in [1.82, 2.24) is 19.7 Å². The third-order valence-electron chi connectivity index (χ3n) is 2.91. The first kappa shape index (κ1) is 17.6. The van der Waals surface area contributed by atoms with Crippen LogP contribution >= 0.6 is 43.5 Å². The Morgan fingerprint density at radius 3 is 2.30 bits per heavy atom. The summed E-state index contributed by atoms with van der Waals surface area (Å²) in [5, 5.41) is 5.26. The van der Waals surface area contributed by atoms with E-state index >= 15 is 0 Å². The molecule has 0 atom stereocenters. The zero-order valence-corrected chi connectivity index (χ0v) is 15.7. The molecule has 0 bridgehead atoms. The summed E-state index contributed by atoms with van der Waals surface area (Å²) in [6.45, 7) is 0. The highest BCUT2D eigenvalue weighted by molar-refractivity contribution is 9.11. The van der Waals surface area contributed by atoms with E-state index in [2.05, 4.69) is 46.9 Å². The number of nitrogen functional groups attached to an aromatic ring is 2. The summed E-state index contributed by atoms with van der Waals surface area (Å²) >= 11 is 12.2. The second-order valence-corrected chi connectivity index (χ2v) is 6.45. The number of aldehydes is 1. The fourth-order valence-electron chi connectivity index (χ4n) is 1.77. The molecular weight excluding hydrogens is 451 g/mol. The summed E-state index contributed by atoms with van der Waals surface area (Å²) < 4.78 is 3.24. The van der Waals surface area contributed by atoms with Crippen LogP contribution in [-0.2, 0) is 7.05 Å². The maximum atomic E-state index is 10.4. The van der Waals surface area contributed by atoms with Crippen molar-refractivity contribution in [3.63, 3.8) is 0 Å². The van der Waals surface area contributed by atoms with Gasteiger partial charge >= 0.3 is 0 Å². The molecule has 0 aliphatic rings. The van der Waals surface area contributed by atoms with Gasteiger partial charge in [-0.05, 0) is 31.9 Å². The van der Waals surface area contributed by atoms with Crippen LogP contribution in [0.1, 0.15) is 10.4 Å². The number of carbonyl (C=O) groups is 1. The molecule has 3 heterocycles. The van der Waals surface area contributed by atoms with Crippen molar-refractivity contribution < 1.29 is 4.79 Å². The highest BCUT2D eigenvalue weighted by Gasteiger charge is 2.08. The van der Waals surface area contributed by atoms with Gasteiger partial charge in [-0.25, -0.2) is 9.97 Å². The van der Waals surface area contributed by atoms with Crippen molar-refractivity contribution in [1.29, 1.82) is 0 Å². The minimum absolute atomic E-state index is 0.146. The standard InChI is InChI=1S/C7H7BrN4.C6H4BrClN2O/c1-12-6-4(2-11-12)7(9)10-3-5(6)8;7-4-1-10-6(9)3(2-11)5(4)8/h2-3H,1H3,(H2,9,10);1-2H,(H2,9,10). The number of hydrogen-bond acceptors (Lipinski definition) is 6. The van der Waals surface area contributed by atoms with Gasteiger partial charge < -0.3 is 11.5 Å². The minimum atomic E-state index is 0.146. The Balaban J connectivity index is 0.000000168. The lowest BCUT2D eigenvalue weighted by Crippen LogP contribution is -1.97. The van der Waals surface area contributed by atoms with Crippen molar-refractivity contribution in [2.75, 3.05) is 11.5 Å². The fourth-order valence-corrected chi connectivity index (χ4v) is 2.85.